The zero-order valence-electron chi connectivity index (χ0n) is 19.0. The molecule has 5 rings (SSSR count). The summed E-state index contributed by atoms with van der Waals surface area (Å²) in [6, 6.07) is 24.7. The summed E-state index contributed by atoms with van der Waals surface area (Å²) >= 11 is 0. The highest BCUT2D eigenvalue weighted by Gasteiger charge is 2.40. The maximum atomic E-state index is 13.2. The Hall–Kier alpha value is -3.53. The second kappa shape index (κ2) is 9.53. The summed E-state index contributed by atoms with van der Waals surface area (Å²) in [4.78, 5) is 13.2. The van der Waals surface area contributed by atoms with Gasteiger partial charge in [0.15, 0.2) is 0 Å². The number of hydrogen-bond acceptors (Lipinski definition) is 3. The normalized spacial score (nSPS) is 20.5. The number of hydrogen-bond donors (Lipinski definition) is 2. The van der Waals surface area contributed by atoms with Gasteiger partial charge in [0.2, 0.25) is 0 Å². The summed E-state index contributed by atoms with van der Waals surface area (Å²) in [7, 11) is 0. The van der Waals surface area contributed by atoms with Crippen LogP contribution in [0.1, 0.15) is 52.4 Å². The Morgan fingerprint density at radius 3 is 2.64 bits per heavy atom. The Morgan fingerprint density at radius 1 is 1.00 bits per heavy atom. The maximum Gasteiger partial charge on any atom is 0.253 e. The maximum absolute atomic E-state index is 13.2. The lowest BCUT2D eigenvalue weighted by atomic mass is 9.76. The molecule has 1 heterocycles. The number of nitrogens with one attached hydrogen (secondary N) is 2. The molecule has 4 heteroatoms. The topological polar surface area (TPSA) is 50.4 Å². The van der Waals surface area contributed by atoms with Crippen LogP contribution in [0.5, 0.6) is 5.75 Å². The fourth-order valence-corrected chi connectivity index (χ4v) is 5.20. The van der Waals surface area contributed by atoms with E-state index in [1.165, 1.54) is 11.1 Å². The predicted octanol–water partition coefficient (Wildman–Crippen LogP) is 5.88. The van der Waals surface area contributed by atoms with Crippen molar-refractivity contribution in [1.29, 1.82) is 0 Å². The number of carbonyl (C=O) groups is 1. The van der Waals surface area contributed by atoms with Crippen LogP contribution in [0.25, 0.3) is 0 Å². The lowest BCUT2D eigenvalue weighted by molar-refractivity contribution is 0.0954. The second-order valence-electron chi connectivity index (χ2n) is 8.71. The van der Waals surface area contributed by atoms with Gasteiger partial charge in [-0.05, 0) is 48.9 Å². The van der Waals surface area contributed by atoms with Crippen molar-refractivity contribution in [2.45, 2.75) is 31.7 Å². The average Bonchev–Trinajstić information content (AvgIpc) is 3.35. The summed E-state index contributed by atoms with van der Waals surface area (Å²) in [5.41, 5.74) is 5.23. The molecule has 2 N–H and O–H groups in total. The summed E-state index contributed by atoms with van der Waals surface area (Å²) < 4.78 is 5.96. The van der Waals surface area contributed by atoms with Crippen molar-refractivity contribution in [1.82, 2.24) is 5.32 Å². The standard InChI is InChI=1S/C29H30N2O2/c1-2-33-26-17-7-6-12-24(26)27-22-14-8-13-21(22)23-15-9-16-25(28(23)31-27)29(32)30-19-18-20-10-4-3-5-11-20/h3-13,15-17,21-22,27,31H,2,14,18-19H2,1H3,(H,30,32). The van der Waals surface area contributed by atoms with Gasteiger partial charge in [0, 0.05) is 18.0 Å². The van der Waals surface area contributed by atoms with Crippen LogP contribution in [0.15, 0.2) is 84.9 Å². The summed E-state index contributed by atoms with van der Waals surface area (Å²) in [6.07, 6.45) is 6.40. The third-order valence-corrected chi connectivity index (χ3v) is 6.74. The fraction of sp³-hybridized carbons (Fsp3) is 0.276. The lowest BCUT2D eigenvalue weighted by Gasteiger charge is -2.38. The molecule has 1 aliphatic heterocycles. The monoisotopic (exact) mass is 438 g/mol. The summed E-state index contributed by atoms with van der Waals surface area (Å²) in [6.45, 7) is 3.25. The fourth-order valence-electron chi connectivity index (χ4n) is 5.20. The third-order valence-electron chi connectivity index (χ3n) is 6.74. The molecule has 0 saturated heterocycles. The molecule has 0 radical (unpaired) electrons. The molecular formula is C29H30N2O2. The van der Waals surface area contributed by atoms with E-state index in [1.54, 1.807) is 0 Å². The van der Waals surface area contributed by atoms with E-state index in [1.807, 2.05) is 49.4 Å². The number of carbonyl (C=O) groups excluding carboxylic acids is 1. The van der Waals surface area contributed by atoms with E-state index in [9.17, 15) is 4.79 Å². The minimum absolute atomic E-state index is 0.0347. The van der Waals surface area contributed by atoms with E-state index < -0.39 is 0 Å². The first-order valence-electron chi connectivity index (χ1n) is 11.9. The van der Waals surface area contributed by atoms with E-state index >= 15 is 0 Å². The molecule has 1 amide bonds. The average molecular weight is 439 g/mol. The third kappa shape index (κ3) is 4.25. The van der Waals surface area contributed by atoms with Crippen molar-refractivity contribution < 1.29 is 9.53 Å². The van der Waals surface area contributed by atoms with Gasteiger partial charge in [-0.2, -0.15) is 0 Å². The van der Waals surface area contributed by atoms with E-state index in [0.717, 1.165) is 29.8 Å². The molecule has 168 valence electrons. The van der Waals surface area contributed by atoms with E-state index in [-0.39, 0.29) is 17.9 Å². The minimum Gasteiger partial charge on any atom is -0.494 e. The molecule has 33 heavy (non-hydrogen) atoms. The Kier molecular flexibility index (Phi) is 6.16. The minimum atomic E-state index is -0.0347. The highest BCUT2D eigenvalue weighted by Crippen LogP contribution is 2.51. The van der Waals surface area contributed by atoms with Crippen LogP contribution >= 0.6 is 0 Å². The van der Waals surface area contributed by atoms with E-state index in [0.29, 0.717) is 24.6 Å². The number of ether oxygens (including phenoxy) is 1. The van der Waals surface area contributed by atoms with Crippen LogP contribution in [0.4, 0.5) is 5.69 Å². The van der Waals surface area contributed by atoms with Gasteiger partial charge in [-0.25, -0.2) is 0 Å². The number of para-hydroxylation sites is 2. The highest BCUT2D eigenvalue weighted by molar-refractivity contribution is 6.00. The van der Waals surface area contributed by atoms with Crippen LogP contribution < -0.4 is 15.4 Å². The van der Waals surface area contributed by atoms with Crippen molar-refractivity contribution in [3.8, 4) is 5.75 Å². The van der Waals surface area contributed by atoms with Gasteiger partial charge < -0.3 is 15.4 Å². The van der Waals surface area contributed by atoms with Gasteiger partial charge in [0.1, 0.15) is 5.75 Å². The molecule has 0 bridgehead atoms. The van der Waals surface area contributed by atoms with Gasteiger partial charge >= 0.3 is 0 Å². The van der Waals surface area contributed by atoms with Crippen LogP contribution in [0.2, 0.25) is 0 Å². The first kappa shape index (κ1) is 21.3. The molecular weight excluding hydrogens is 408 g/mol. The Bertz CT molecular complexity index is 1160. The number of rotatable bonds is 7. The zero-order chi connectivity index (χ0) is 22.6. The second-order valence-corrected chi connectivity index (χ2v) is 8.71. The van der Waals surface area contributed by atoms with Crippen LogP contribution in [-0.4, -0.2) is 19.1 Å². The molecule has 3 aromatic rings. The molecule has 0 saturated carbocycles. The van der Waals surface area contributed by atoms with Gasteiger partial charge in [-0.1, -0.05) is 72.8 Å². The van der Waals surface area contributed by atoms with Gasteiger partial charge in [0.25, 0.3) is 5.91 Å². The van der Waals surface area contributed by atoms with Crippen molar-refractivity contribution in [2.24, 2.45) is 5.92 Å². The van der Waals surface area contributed by atoms with Crippen molar-refractivity contribution in [2.75, 3.05) is 18.5 Å². The number of allylic oxidation sites excluding steroid dienone is 2. The Morgan fingerprint density at radius 2 is 1.79 bits per heavy atom. The molecule has 1 aliphatic carbocycles. The van der Waals surface area contributed by atoms with Crippen LogP contribution in [0, 0.1) is 5.92 Å². The number of benzene rings is 3. The molecule has 0 spiro atoms. The predicted molar refractivity (Wildman–Crippen MR) is 133 cm³/mol. The molecule has 2 aliphatic rings. The summed E-state index contributed by atoms with van der Waals surface area (Å²) in [5, 5.41) is 6.88. The van der Waals surface area contributed by atoms with Crippen molar-refractivity contribution in [3.05, 3.63) is 107 Å². The van der Waals surface area contributed by atoms with E-state index in [2.05, 4.69) is 53.1 Å². The highest BCUT2D eigenvalue weighted by atomic mass is 16.5. The molecule has 3 aromatic carbocycles. The summed E-state index contributed by atoms with van der Waals surface area (Å²) in [5.74, 6) is 1.57. The first-order valence-corrected chi connectivity index (χ1v) is 11.9. The van der Waals surface area contributed by atoms with Crippen LogP contribution in [-0.2, 0) is 6.42 Å². The van der Waals surface area contributed by atoms with Crippen molar-refractivity contribution >= 4 is 11.6 Å². The quantitative estimate of drug-likeness (QED) is 0.453. The molecule has 0 fully saturated rings. The van der Waals surface area contributed by atoms with Crippen molar-refractivity contribution in [3.63, 3.8) is 0 Å². The van der Waals surface area contributed by atoms with Crippen LogP contribution in [0.3, 0.4) is 0 Å². The smallest absolute Gasteiger partial charge is 0.253 e. The number of anilines is 1. The van der Waals surface area contributed by atoms with Gasteiger partial charge in [-0.3, -0.25) is 4.79 Å². The Labute approximate surface area is 195 Å². The zero-order valence-corrected chi connectivity index (χ0v) is 19.0. The number of fused-ring (bicyclic) bond motifs is 3. The first-order chi connectivity index (χ1) is 16.3. The molecule has 3 atom stereocenters. The Balaban J connectivity index is 1.42. The molecule has 0 aromatic heterocycles. The largest absolute Gasteiger partial charge is 0.494 e. The molecule has 3 unspecified atom stereocenters. The SMILES string of the molecule is CCOc1ccccc1C1Nc2c(C(=O)NCCc3ccccc3)cccc2C2C=CCC21. The van der Waals surface area contributed by atoms with E-state index in [4.69, 9.17) is 4.74 Å². The molecule has 4 nitrogen and oxygen atoms in total. The number of amides is 1. The lowest BCUT2D eigenvalue weighted by Crippen LogP contribution is -2.33. The van der Waals surface area contributed by atoms with Gasteiger partial charge in [-0.15, -0.1) is 0 Å². The van der Waals surface area contributed by atoms with Gasteiger partial charge in [0.05, 0.1) is 23.9 Å².